The van der Waals surface area contributed by atoms with Crippen LogP contribution < -0.4 is 0 Å². The van der Waals surface area contributed by atoms with E-state index in [1.165, 1.54) is 41.8 Å². The van der Waals surface area contributed by atoms with Gasteiger partial charge in [-0.15, -0.1) is 11.8 Å². The summed E-state index contributed by atoms with van der Waals surface area (Å²) in [6.45, 7) is 8.25. The number of carbonyl (C=O) groups excluding carboxylic acids is 2. The normalized spacial score (nSPS) is 18.0. The van der Waals surface area contributed by atoms with Crippen LogP contribution in [-0.2, 0) is 11.2 Å². The first-order valence-electron chi connectivity index (χ1n) is 7.95. The molecule has 0 bridgehead atoms. The molecule has 1 saturated heterocycles. The van der Waals surface area contributed by atoms with Gasteiger partial charge in [-0.1, -0.05) is 19.8 Å². The maximum atomic E-state index is 12.8. The molecule has 0 radical (unpaired) electrons. The van der Waals surface area contributed by atoms with Crippen molar-refractivity contribution in [2.75, 3.05) is 12.3 Å². The van der Waals surface area contributed by atoms with Crippen molar-refractivity contribution in [3.63, 3.8) is 0 Å². The highest BCUT2D eigenvalue weighted by Crippen LogP contribution is 2.26. The number of hydrogen-bond donors (Lipinski definition) is 0. The molecular weight excluding hydrogens is 298 g/mol. The third kappa shape index (κ3) is 3.37. The molecule has 1 amide bonds. The van der Waals surface area contributed by atoms with Crippen LogP contribution in [0.25, 0.3) is 0 Å². The molecule has 1 atom stereocenters. The van der Waals surface area contributed by atoms with Crippen molar-refractivity contribution in [3.05, 3.63) is 17.0 Å². The number of carbonyl (C=O) groups is 2. The molecular formula is C16H25N3O2S. The average Bonchev–Trinajstić information content (AvgIpc) is 3.06. The van der Waals surface area contributed by atoms with Gasteiger partial charge < -0.3 is 4.90 Å². The molecule has 0 N–H and O–H groups in total. The van der Waals surface area contributed by atoms with Crippen molar-refractivity contribution < 1.29 is 9.59 Å². The topological polar surface area (TPSA) is 55.2 Å². The standard InChI is InChI=1S/C16H25N3O2S/c1-5-6-7-8-14-11(2)17-19(12(14)3)15(21)16-18(13(4)20)9-10-22-16/h16H,5-10H2,1-4H3. The van der Waals surface area contributed by atoms with Gasteiger partial charge in [0.15, 0.2) is 5.37 Å². The van der Waals surface area contributed by atoms with Gasteiger partial charge in [0.05, 0.1) is 5.69 Å². The Balaban J connectivity index is 2.20. The molecule has 0 aliphatic carbocycles. The molecule has 6 heteroatoms. The average molecular weight is 323 g/mol. The lowest BCUT2D eigenvalue weighted by molar-refractivity contribution is -0.128. The van der Waals surface area contributed by atoms with E-state index in [2.05, 4.69) is 12.0 Å². The zero-order valence-corrected chi connectivity index (χ0v) is 14.7. The largest absolute Gasteiger partial charge is 0.321 e. The Labute approximate surface area is 136 Å². The van der Waals surface area contributed by atoms with E-state index in [-0.39, 0.29) is 11.8 Å². The van der Waals surface area contributed by atoms with Crippen LogP contribution in [0.15, 0.2) is 0 Å². The van der Waals surface area contributed by atoms with Crippen LogP contribution in [0.3, 0.4) is 0 Å². The molecule has 0 spiro atoms. The van der Waals surface area contributed by atoms with Gasteiger partial charge >= 0.3 is 0 Å². The van der Waals surface area contributed by atoms with Gasteiger partial charge in [-0.3, -0.25) is 9.59 Å². The minimum atomic E-state index is -0.431. The lowest BCUT2D eigenvalue weighted by atomic mass is 10.1. The summed E-state index contributed by atoms with van der Waals surface area (Å²) in [6.07, 6.45) is 4.45. The second-order valence-corrected chi connectivity index (χ2v) is 6.98. The van der Waals surface area contributed by atoms with Crippen LogP contribution in [0.4, 0.5) is 0 Å². The molecule has 0 aromatic carbocycles. The molecule has 122 valence electrons. The Morgan fingerprint density at radius 3 is 2.68 bits per heavy atom. The first kappa shape index (κ1) is 17.1. The highest BCUT2D eigenvalue weighted by atomic mass is 32.2. The van der Waals surface area contributed by atoms with Crippen LogP contribution in [0, 0.1) is 13.8 Å². The number of aryl methyl sites for hydroxylation is 1. The first-order valence-corrected chi connectivity index (χ1v) is 9.00. The van der Waals surface area contributed by atoms with E-state index in [1.807, 2.05) is 13.8 Å². The van der Waals surface area contributed by atoms with E-state index in [0.717, 1.165) is 30.0 Å². The second-order valence-electron chi connectivity index (χ2n) is 5.79. The molecule has 5 nitrogen and oxygen atoms in total. The SMILES string of the molecule is CCCCCc1c(C)nn(C(=O)C2SCCN2C(C)=O)c1C. The first-order chi connectivity index (χ1) is 10.5. The van der Waals surface area contributed by atoms with E-state index >= 15 is 0 Å². The summed E-state index contributed by atoms with van der Waals surface area (Å²) in [6, 6.07) is 0. The number of thioether (sulfide) groups is 1. The Morgan fingerprint density at radius 2 is 2.05 bits per heavy atom. The zero-order chi connectivity index (χ0) is 16.3. The molecule has 22 heavy (non-hydrogen) atoms. The summed E-state index contributed by atoms with van der Waals surface area (Å²) < 4.78 is 1.51. The van der Waals surface area contributed by atoms with Gasteiger partial charge in [0.2, 0.25) is 5.91 Å². The Bertz CT molecular complexity index is 568. The number of amides is 1. The quantitative estimate of drug-likeness (QED) is 0.782. The monoisotopic (exact) mass is 323 g/mol. The second kappa shape index (κ2) is 7.31. The smallest absolute Gasteiger partial charge is 0.280 e. The molecule has 1 aliphatic heterocycles. The zero-order valence-electron chi connectivity index (χ0n) is 13.9. The summed E-state index contributed by atoms with van der Waals surface area (Å²) in [7, 11) is 0. The fraction of sp³-hybridized carbons (Fsp3) is 0.688. The maximum absolute atomic E-state index is 12.8. The summed E-state index contributed by atoms with van der Waals surface area (Å²) >= 11 is 1.52. The van der Waals surface area contributed by atoms with Crippen LogP contribution in [0.5, 0.6) is 0 Å². The predicted molar refractivity (Wildman–Crippen MR) is 89.2 cm³/mol. The fourth-order valence-electron chi connectivity index (χ4n) is 2.90. The van der Waals surface area contributed by atoms with E-state index < -0.39 is 5.37 Å². The van der Waals surface area contributed by atoms with Crippen molar-refractivity contribution in [1.82, 2.24) is 14.7 Å². The van der Waals surface area contributed by atoms with Gasteiger partial charge in [-0.05, 0) is 32.3 Å². The van der Waals surface area contributed by atoms with Gasteiger partial charge in [0.25, 0.3) is 5.91 Å². The minimum absolute atomic E-state index is 0.0481. The summed E-state index contributed by atoms with van der Waals surface area (Å²) in [5.41, 5.74) is 3.04. The maximum Gasteiger partial charge on any atom is 0.280 e. The van der Waals surface area contributed by atoms with Gasteiger partial charge in [0, 0.05) is 24.9 Å². The van der Waals surface area contributed by atoms with Crippen molar-refractivity contribution in [1.29, 1.82) is 0 Å². The Hall–Kier alpha value is -1.30. The van der Waals surface area contributed by atoms with Crippen LogP contribution in [0.2, 0.25) is 0 Å². The number of nitrogens with zero attached hydrogens (tertiary/aromatic N) is 3. The van der Waals surface area contributed by atoms with Gasteiger partial charge in [-0.25, -0.2) is 4.68 Å². The molecule has 1 aromatic heterocycles. The van der Waals surface area contributed by atoms with Gasteiger partial charge in [0.1, 0.15) is 0 Å². The lowest BCUT2D eigenvalue weighted by Gasteiger charge is -2.21. The van der Waals surface area contributed by atoms with E-state index in [4.69, 9.17) is 0 Å². The minimum Gasteiger partial charge on any atom is -0.321 e. The van der Waals surface area contributed by atoms with Crippen LogP contribution in [-0.4, -0.2) is 44.2 Å². The lowest BCUT2D eigenvalue weighted by Crippen LogP contribution is -2.41. The molecule has 1 fully saturated rings. The molecule has 2 heterocycles. The molecule has 1 aromatic rings. The highest BCUT2D eigenvalue weighted by molar-refractivity contribution is 8.00. The molecule has 1 unspecified atom stereocenters. The Morgan fingerprint density at radius 1 is 1.32 bits per heavy atom. The fourth-order valence-corrected chi connectivity index (χ4v) is 4.11. The van der Waals surface area contributed by atoms with Crippen molar-refractivity contribution in [2.45, 2.75) is 58.8 Å². The van der Waals surface area contributed by atoms with E-state index in [0.29, 0.717) is 6.54 Å². The van der Waals surface area contributed by atoms with E-state index in [9.17, 15) is 9.59 Å². The molecule has 0 saturated carbocycles. The predicted octanol–water partition coefficient (Wildman–Crippen LogP) is 2.79. The third-order valence-corrected chi connectivity index (χ3v) is 5.38. The Kier molecular flexibility index (Phi) is 5.67. The summed E-state index contributed by atoms with van der Waals surface area (Å²) in [4.78, 5) is 26.1. The number of rotatable bonds is 5. The third-order valence-electron chi connectivity index (χ3n) is 4.19. The van der Waals surface area contributed by atoms with E-state index in [1.54, 1.807) is 4.90 Å². The van der Waals surface area contributed by atoms with Crippen molar-refractivity contribution in [2.24, 2.45) is 0 Å². The number of aromatic nitrogens is 2. The molecule has 1 aliphatic rings. The van der Waals surface area contributed by atoms with Crippen molar-refractivity contribution >= 4 is 23.6 Å². The summed E-state index contributed by atoms with van der Waals surface area (Å²) in [5, 5.41) is 4.01. The number of hydrogen-bond acceptors (Lipinski definition) is 4. The van der Waals surface area contributed by atoms with Crippen LogP contribution >= 0.6 is 11.8 Å². The highest BCUT2D eigenvalue weighted by Gasteiger charge is 2.35. The van der Waals surface area contributed by atoms with Crippen LogP contribution in [0.1, 0.15) is 54.9 Å². The van der Waals surface area contributed by atoms with Crippen molar-refractivity contribution in [3.8, 4) is 0 Å². The van der Waals surface area contributed by atoms with Gasteiger partial charge in [-0.2, -0.15) is 5.10 Å². The summed E-state index contributed by atoms with van der Waals surface area (Å²) in [5.74, 6) is 0.659. The number of unbranched alkanes of at least 4 members (excludes halogenated alkanes) is 2. The molecule has 2 rings (SSSR count).